The average Bonchev–Trinajstić information content (AvgIpc) is 2.41. The van der Waals surface area contributed by atoms with Crippen molar-refractivity contribution in [3.63, 3.8) is 0 Å². The van der Waals surface area contributed by atoms with Crippen molar-refractivity contribution in [3.05, 3.63) is 29.8 Å². The van der Waals surface area contributed by atoms with Crippen molar-refractivity contribution >= 4 is 23.5 Å². The van der Waals surface area contributed by atoms with Gasteiger partial charge in [-0.05, 0) is 24.1 Å². The van der Waals surface area contributed by atoms with Crippen LogP contribution in [-0.2, 0) is 20.8 Å². The zero-order chi connectivity index (χ0) is 14.7. The summed E-state index contributed by atoms with van der Waals surface area (Å²) in [5.74, 6) is -1.51. The van der Waals surface area contributed by atoms with E-state index in [0.29, 0.717) is 11.3 Å². The number of nitrogens with two attached hydrogens (primary N) is 1. The van der Waals surface area contributed by atoms with Crippen molar-refractivity contribution in [2.45, 2.75) is 12.5 Å². The fourth-order valence-electron chi connectivity index (χ4n) is 1.99. The van der Waals surface area contributed by atoms with Gasteiger partial charge in [0, 0.05) is 5.69 Å². The molecule has 0 aliphatic carbocycles. The SMILES string of the molecule is NC(Cc1cccc(N2CC(=O)NCC2=O)c1)C(=O)O. The van der Waals surface area contributed by atoms with Gasteiger partial charge in [0.15, 0.2) is 0 Å². The Labute approximate surface area is 115 Å². The third-order valence-corrected chi connectivity index (χ3v) is 3.03. The number of anilines is 1. The summed E-state index contributed by atoms with van der Waals surface area (Å²) < 4.78 is 0. The Morgan fingerprint density at radius 1 is 1.45 bits per heavy atom. The van der Waals surface area contributed by atoms with Crippen LogP contribution in [-0.4, -0.2) is 42.0 Å². The maximum atomic E-state index is 11.8. The van der Waals surface area contributed by atoms with E-state index in [2.05, 4.69) is 5.32 Å². The van der Waals surface area contributed by atoms with Crippen molar-refractivity contribution in [3.8, 4) is 0 Å². The molecular weight excluding hydrogens is 262 g/mol. The Kier molecular flexibility index (Phi) is 3.99. The number of carboxylic acid groups (broad SMARTS) is 1. The van der Waals surface area contributed by atoms with E-state index in [4.69, 9.17) is 10.8 Å². The van der Waals surface area contributed by atoms with Crippen molar-refractivity contribution in [1.29, 1.82) is 0 Å². The maximum Gasteiger partial charge on any atom is 0.320 e. The summed E-state index contributed by atoms with van der Waals surface area (Å²) in [5, 5.41) is 11.3. The number of nitrogens with one attached hydrogen (secondary N) is 1. The fourth-order valence-corrected chi connectivity index (χ4v) is 1.99. The Bertz CT molecular complexity index is 558. The molecule has 4 N–H and O–H groups in total. The number of rotatable bonds is 4. The molecule has 1 saturated heterocycles. The average molecular weight is 277 g/mol. The van der Waals surface area contributed by atoms with Crippen LogP contribution >= 0.6 is 0 Å². The highest BCUT2D eigenvalue weighted by atomic mass is 16.4. The van der Waals surface area contributed by atoms with Crippen LogP contribution in [0.3, 0.4) is 0 Å². The van der Waals surface area contributed by atoms with Crippen molar-refractivity contribution < 1.29 is 19.5 Å². The minimum absolute atomic E-state index is 0.0301. The minimum Gasteiger partial charge on any atom is -0.480 e. The van der Waals surface area contributed by atoms with Gasteiger partial charge in [-0.1, -0.05) is 12.1 Å². The standard InChI is InChI=1S/C13H15N3O4/c14-10(13(19)20)5-8-2-1-3-9(4-8)16-7-11(17)15-6-12(16)18/h1-4,10H,5-7,14H2,(H,15,17)(H,19,20). The highest BCUT2D eigenvalue weighted by Crippen LogP contribution is 2.18. The molecule has 1 fully saturated rings. The maximum absolute atomic E-state index is 11.8. The predicted octanol–water partition coefficient (Wildman–Crippen LogP) is -0.896. The monoisotopic (exact) mass is 277 g/mol. The molecule has 106 valence electrons. The van der Waals surface area contributed by atoms with Crippen molar-refractivity contribution in [1.82, 2.24) is 5.32 Å². The number of benzene rings is 1. The van der Waals surface area contributed by atoms with Gasteiger partial charge < -0.3 is 21.1 Å². The number of carbonyl (C=O) groups excluding carboxylic acids is 2. The Morgan fingerprint density at radius 3 is 2.90 bits per heavy atom. The molecule has 0 bridgehead atoms. The van der Waals surface area contributed by atoms with Crippen LogP contribution in [0.1, 0.15) is 5.56 Å². The van der Waals surface area contributed by atoms with Gasteiger partial charge in [0.1, 0.15) is 12.6 Å². The summed E-state index contributed by atoms with van der Waals surface area (Å²) >= 11 is 0. The number of nitrogens with zero attached hydrogens (tertiary/aromatic N) is 1. The summed E-state index contributed by atoms with van der Waals surface area (Å²) in [6, 6.07) is 5.83. The highest BCUT2D eigenvalue weighted by molar-refractivity contribution is 6.04. The summed E-state index contributed by atoms with van der Waals surface area (Å²) in [4.78, 5) is 35.2. The normalized spacial score (nSPS) is 16.8. The lowest BCUT2D eigenvalue weighted by Crippen LogP contribution is -2.51. The second kappa shape index (κ2) is 5.70. The Balaban J connectivity index is 2.18. The molecule has 0 saturated carbocycles. The fraction of sp³-hybridized carbons (Fsp3) is 0.308. The van der Waals surface area contributed by atoms with Gasteiger partial charge in [-0.25, -0.2) is 0 Å². The van der Waals surface area contributed by atoms with Gasteiger partial charge in [0.25, 0.3) is 0 Å². The predicted molar refractivity (Wildman–Crippen MR) is 71.1 cm³/mol. The molecule has 1 aliphatic heterocycles. The number of hydrogen-bond acceptors (Lipinski definition) is 4. The lowest BCUT2D eigenvalue weighted by atomic mass is 10.1. The summed E-state index contributed by atoms with van der Waals surface area (Å²) in [6.45, 7) is -0.0645. The van der Waals surface area contributed by atoms with Crippen LogP contribution in [0.5, 0.6) is 0 Å². The first-order valence-corrected chi connectivity index (χ1v) is 6.12. The number of carboxylic acids is 1. The molecule has 7 heteroatoms. The number of amides is 2. The van der Waals surface area contributed by atoms with Crippen LogP contribution in [0, 0.1) is 0 Å². The molecule has 1 unspecified atom stereocenters. The van der Waals surface area contributed by atoms with Crippen LogP contribution < -0.4 is 16.0 Å². The highest BCUT2D eigenvalue weighted by Gasteiger charge is 2.24. The van der Waals surface area contributed by atoms with Crippen molar-refractivity contribution in [2.75, 3.05) is 18.0 Å². The molecule has 20 heavy (non-hydrogen) atoms. The molecule has 1 atom stereocenters. The van der Waals surface area contributed by atoms with Gasteiger partial charge in [-0.15, -0.1) is 0 Å². The molecule has 1 aromatic rings. The van der Waals surface area contributed by atoms with E-state index in [1.807, 2.05) is 0 Å². The second-order valence-corrected chi connectivity index (χ2v) is 4.58. The number of piperazine rings is 1. The van der Waals surface area contributed by atoms with Crippen LogP contribution in [0.2, 0.25) is 0 Å². The molecule has 0 aromatic heterocycles. The molecule has 1 heterocycles. The second-order valence-electron chi connectivity index (χ2n) is 4.58. The van der Waals surface area contributed by atoms with Gasteiger partial charge >= 0.3 is 5.97 Å². The van der Waals surface area contributed by atoms with Crippen LogP contribution in [0.15, 0.2) is 24.3 Å². The Hall–Kier alpha value is -2.41. The van der Waals surface area contributed by atoms with E-state index >= 15 is 0 Å². The van der Waals surface area contributed by atoms with Gasteiger partial charge in [0.2, 0.25) is 11.8 Å². The van der Waals surface area contributed by atoms with E-state index in [1.165, 1.54) is 4.90 Å². The zero-order valence-electron chi connectivity index (χ0n) is 10.7. The first-order valence-electron chi connectivity index (χ1n) is 6.12. The summed E-state index contributed by atoms with van der Waals surface area (Å²) in [5.41, 5.74) is 6.76. The topological polar surface area (TPSA) is 113 Å². The molecular formula is C13H15N3O4. The van der Waals surface area contributed by atoms with E-state index in [-0.39, 0.29) is 31.3 Å². The van der Waals surface area contributed by atoms with E-state index in [0.717, 1.165) is 0 Å². The molecule has 1 aliphatic rings. The lowest BCUT2D eigenvalue weighted by molar-refractivity contribution is -0.138. The summed E-state index contributed by atoms with van der Waals surface area (Å²) in [7, 11) is 0. The van der Waals surface area contributed by atoms with E-state index in [9.17, 15) is 14.4 Å². The first kappa shape index (κ1) is 14.0. The lowest BCUT2D eigenvalue weighted by Gasteiger charge is -2.27. The van der Waals surface area contributed by atoms with Crippen LogP contribution in [0.4, 0.5) is 5.69 Å². The quantitative estimate of drug-likeness (QED) is 0.660. The van der Waals surface area contributed by atoms with Gasteiger partial charge in [0.05, 0.1) is 6.54 Å². The molecule has 2 rings (SSSR count). The molecule has 0 spiro atoms. The molecule has 1 aromatic carbocycles. The Morgan fingerprint density at radius 2 is 2.20 bits per heavy atom. The third-order valence-electron chi connectivity index (χ3n) is 3.03. The van der Waals surface area contributed by atoms with Crippen LogP contribution in [0.25, 0.3) is 0 Å². The first-order chi connectivity index (χ1) is 9.47. The van der Waals surface area contributed by atoms with E-state index in [1.54, 1.807) is 24.3 Å². The number of aliphatic carboxylic acids is 1. The number of carbonyl (C=O) groups is 3. The third kappa shape index (κ3) is 3.12. The van der Waals surface area contributed by atoms with Gasteiger partial charge in [-0.3, -0.25) is 14.4 Å². The zero-order valence-corrected chi connectivity index (χ0v) is 10.7. The van der Waals surface area contributed by atoms with Gasteiger partial charge in [-0.2, -0.15) is 0 Å². The minimum atomic E-state index is -1.08. The van der Waals surface area contributed by atoms with Crippen molar-refractivity contribution in [2.24, 2.45) is 5.73 Å². The molecule has 7 nitrogen and oxygen atoms in total. The molecule has 0 radical (unpaired) electrons. The summed E-state index contributed by atoms with van der Waals surface area (Å²) in [6.07, 6.45) is 0.164. The number of hydrogen-bond donors (Lipinski definition) is 3. The largest absolute Gasteiger partial charge is 0.480 e. The smallest absolute Gasteiger partial charge is 0.320 e. The molecule has 2 amide bonds. The van der Waals surface area contributed by atoms with E-state index < -0.39 is 12.0 Å².